The Morgan fingerprint density at radius 2 is 1.62 bits per heavy atom. The summed E-state index contributed by atoms with van der Waals surface area (Å²) in [5, 5.41) is 19.0. The van der Waals surface area contributed by atoms with Gasteiger partial charge in [0.25, 0.3) is 0 Å². The number of hydrogen-bond acceptors (Lipinski definition) is 8. The summed E-state index contributed by atoms with van der Waals surface area (Å²) in [5.41, 5.74) is 2.23. The molecule has 0 fully saturated rings. The molecule has 10 heteroatoms. The molecule has 1 heterocycles. The molecule has 9 nitrogen and oxygen atoms in total. The molecule has 0 bridgehead atoms. The number of halogens is 1. The van der Waals surface area contributed by atoms with Crippen LogP contribution in [0, 0.1) is 0 Å². The minimum Gasteiger partial charge on any atom is -0.507 e. The molecular formula is C27H35ClN2O7. The molecule has 3 aromatic rings. The van der Waals surface area contributed by atoms with E-state index in [2.05, 4.69) is 4.90 Å². The van der Waals surface area contributed by atoms with E-state index in [1.54, 1.807) is 11.5 Å². The van der Waals surface area contributed by atoms with Crippen LogP contribution >= 0.6 is 12.4 Å². The minimum atomic E-state index is -0.390. The molecular weight excluding hydrogens is 500 g/mol. The molecule has 202 valence electrons. The highest BCUT2D eigenvalue weighted by Gasteiger charge is 2.13. The van der Waals surface area contributed by atoms with E-state index in [1.165, 1.54) is 12.1 Å². The summed E-state index contributed by atoms with van der Waals surface area (Å²) < 4.78 is 17.5. The van der Waals surface area contributed by atoms with Crippen molar-refractivity contribution in [2.75, 3.05) is 33.9 Å². The quantitative estimate of drug-likeness (QED) is 0.154. The van der Waals surface area contributed by atoms with Gasteiger partial charge in [-0.25, -0.2) is 5.48 Å². The highest BCUT2D eigenvalue weighted by molar-refractivity contribution is 5.86. The van der Waals surface area contributed by atoms with E-state index in [9.17, 15) is 14.7 Å². The fraction of sp³-hybridized carbons (Fsp3) is 0.407. The lowest BCUT2D eigenvalue weighted by Crippen LogP contribution is -2.17. The summed E-state index contributed by atoms with van der Waals surface area (Å²) in [5.74, 6) is 0.945. The number of hydroxylamine groups is 1. The van der Waals surface area contributed by atoms with Crippen LogP contribution in [0.15, 0.2) is 51.7 Å². The van der Waals surface area contributed by atoms with Crippen LogP contribution in [0.2, 0.25) is 0 Å². The summed E-state index contributed by atoms with van der Waals surface area (Å²) >= 11 is 0. The topological polar surface area (TPSA) is 121 Å². The molecule has 0 aliphatic carbocycles. The number of hydrogen-bond donors (Lipinski definition) is 3. The first kappa shape index (κ1) is 30.0. The lowest BCUT2D eigenvalue weighted by molar-refractivity contribution is -0.129. The number of phenols is 1. The summed E-state index contributed by atoms with van der Waals surface area (Å²) in [6.45, 7) is 1.98. The third-order valence-corrected chi connectivity index (χ3v) is 5.63. The molecule has 1 aromatic heterocycles. The Balaban J connectivity index is 0.00000481. The van der Waals surface area contributed by atoms with Crippen molar-refractivity contribution in [1.82, 2.24) is 10.4 Å². The predicted octanol–water partition coefficient (Wildman–Crippen LogP) is 4.75. The first-order valence-corrected chi connectivity index (χ1v) is 12.1. The van der Waals surface area contributed by atoms with Gasteiger partial charge in [0.15, 0.2) is 5.43 Å². The number of nitrogens with one attached hydrogen (secondary N) is 1. The summed E-state index contributed by atoms with van der Waals surface area (Å²) in [6, 6.07) is 11.7. The van der Waals surface area contributed by atoms with E-state index in [-0.39, 0.29) is 41.0 Å². The molecule has 1 amide bonds. The first-order valence-electron chi connectivity index (χ1n) is 12.1. The summed E-state index contributed by atoms with van der Waals surface area (Å²) in [7, 11) is 4.04. The van der Waals surface area contributed by atoms with Gasteiger partial charge in [-0.1, -0.05) is 12.8 Å². The average Bonchev–Trinajstić information content (AvgIpc) is 2.85. The number of carbonyl (C=O) groups is 1. The van der Waals surface area contributed by atoms with E-state index >= 15 is 0 Å². The van der Waals surface area contributed by atoms with Gasteiger partial charge in [0, 0.05) is 36.7 Å². The van der Waals surface area contributed by atoms with Gasteiger partial charge in [0.2, 0.25) is 5.91 Å². The number of amides is 1. The van der Waals surface area contributed by atoms with Crippen molar-refractivity contribution in [1.29, 1.82) is 0 Å². The van der Waals surface area contributed by atoms with Crippen LogP contribution in [0.3, 0.4) is 0 Å². The number of ether oxygens (including phenoxy) is 2. The molecule has 0 unspecified atom stereocenters. The van der Waals surface area contributed by atoms with Gasteiger partial charge in [-0.2, -0.15) is 0 Å². The van der Waals surface area contributed by atoms with E-state index in [1.807, 2.05) is 38.4 Å². The van der Waals surface area contributed by atoms with Crippen LogP contribution in [0.25, 0.3) is 22.3 Å². The molecule has 37 heavy (non-hydrogen) atoms. The molecule has 0 radical (unpaired) electrons. The largest absolute Gasteiger partial charge is 0.507 e. The molecule has 3 rings (SSSR count). The van der Waals surface area contributed by atoms with Gasteiger partial charge in [0.1, 0.15) is 34.0 Å². The molecule has 3 N–H and O–H groups in total. The van der Waals surface area contributed by atoms with Crippen LogP contribution in [0.4, 0.5) is 0 Å². The number of phenolic OH excluding ortho intramolecular Hbond substituents is 1. The number of aromatic hydroxyl groups is 1. The third-order valence-electron chi connectivity index (χ3n) is 5.63. The maximum absolute atomic E-state index is 12.7. The Morgan fingerprint density at radius 3 is 2.32 bits per heavy atom. The monoisotopic (exact) mass is 534 g/mol. The van der Waals surface area contributed by atoms with Crippen molar-refractivity contribution in [3.63, 3.8) is 0 Å². The number of benzene rings is 2. The zero-order chi connectivity index (χ0) is 25.9. The molecule has 0 aliphatic heterocycles. The number of carbonyl (C=O) groups excluding carboxylic acids is 1. The normalized spacial score (nSPS) is 10.8. The van der Waals surface area contributed by atoms with Crippen molar-refractivity contribution < 1.29 is 29.0 Å². The minimum absolute atomic E-state index is 0. The fourth-order valence-corrected chi connectivity index (χ4v) is 3.74. The van der Waals surface area contributed by atoms with Crippen molar-refractivity contribution in [3.05, 3.63) is 52.7 Å². The Morgan fingerprint density at radius 1 is 0.946 bits per heavy atom. The smallest absolute Gasteiger partial charge is 0.243 e. The zero-order valence-corrected chi connectivity index (χ0v) is 22.0. The Hall–Kier alpha value is -3.27. The van der Waals surface area contributed by atoms with Crippen LogP contribution < -0.4 is 20.4 Å². The van der Waals surface area contributed by atoms with Crippen molar-refractivity contribution in [3.8, 4) is 28.6 Å². The maximum Gasteiger partial charge on any atom is 0.243 e. The SMILES string of the molecule is CN(C)CCCOc1ccc(-c2cc(=O)c3c(O)cc(OCCCCCCC(=O)NO)cc3o2)cc1.Cl. The standard InChI is InChI=1S/C27H34N2O7.ClH/c1-29(2)13-7-15-34-20-11-9-19(10-12-20)24-18-23(31)27-22(30)16-21(17-25(27)36-24)35-14-6-4-3-5-8-26(32)28-33;/h9-12,16-18,30,33H,3-8,13-15H2,1-2H3,(H,28,32);1H. The number of rotatable bonds is 14. The van der Waals surface area contributed by atoms with Gasteiger partial charge >= 0.3 is 0 Å². The lowest BCUT2D eigenvalue weighted by Gasteiger charge is -2.11. The number of unbranched alkanes of at least 4 members (excludes halogenated alkanes) is 3. The van der Waals surface area contributed by atoms with Crippen LogP contribution in [-0.2, 0) is 4.79 Å². The zero-order valence-electron chi connectivity index (χ0n) is 21.2. The predicted molar refractivity (Wildman–Crippen MR) is 144 cm³/mol. The molecule has 0 aliphatic rings. The van der Waals surface area contributed by atoms with E-state index < -0.39 is 5.91 Å². The van der Waals surface area contributed by atoms with Gasteiger partial charge in [-0.3, -0.25) is 14.8 Å². The molecule has 0 saturated carbocycles. The van der Waals surface area contributed by atoms with Gasteiger partial charge in [-0.05, 0) is 57.6 Å². The fourth-order valence-electron chi connectivity index (χ4n) is 3.74. The highest BCUT2D eigenvalue weighted by atomic mass is 35.5. The van der Waals surface area contributed by atoms with Gasteiger partial charge in [-0.15, -0.1) is 12.4 Å². The molecule has 0 atom stereocenters. The van der Waals surface area contributed by atoms with Crippen LogP contribution in [0.1, 0.15) is 38.5 Å². The van der Waals surface area contributed by atoms with Crippen LogP contribution in [0.5, 0.6) is 17.2 Å². The maximum atomic E-state index is 12.7. The third kappa shape index (κ3) is 9.27. The average molecular weight is 535 g/mol. The van der Waals surface area contributed by atoms with Crippen molar-refractivity contribution >= 4 is 29.3 Å². The summed E-state index contributed by atoms with van der Waals surface area (Å²) in [4.78, 5) is 25.8. The van der Waals surface area contributed by atoms with E-state index in [4.69, 9.17) is 19.1 Å². The second kappa shape index (κ2) is 15.1. The molecule has 0 spiro atoms. The van der Waals surface area contributed by atoms with Crippen LogP contribution in [-0.4, -0.2) is 55.0 Å². The number of nitrogens with zero attached hydrogens (tertiary/aromatic N) is 1. The Labute approximate surface area is 222 Å². The number of fused-ring (bicyclic) bond motifs is 1. The van der Waals surface area contributed by atoms with Gasteiger partial charge in [0.05, 0.1) is 13.2 Å². The Kier molecular flexibility index (Phi) is 12.2. The second-order valence-electron chi connectivity index (χ2n) is 8.87. The highest BCUT2D eigenvalue weighted by Crippen LogP contribution is 2.31. The molecule has 2 aromatic carbocycles. The lowest BCUT2D eigenvalue weighted by atomic mass is 10.1. The van der Waals surface area contributed by atoms with E-state index in [0.29, 0.717) is 31.1 Å². The van der Waals surface area contributed by atoms with Crippen molar-refractivity contribution in [2.24, 2.45) is 0 Å². The van der Waals surface area contributed by atoms with E-state index in [0.717, 1.165) is 43.5 Å². The first-order chi connectivity index (χ1) is 17.4. The van der Waals surface area contributed by atoms with Gasteiger partial charge < -0.3 is 23.9 Å². The molecule has 0 saturated heterocycles. The van der Waals surface area contributed by atoms with Crippen molar-refractivity contribution in [2.45, 2.75) is 38.5 Å². The second-order valence-corrected chi connectivity index (χ2v) is 8.87. The Bertz CT molecular complexity index is 1200. The summed E-state index contributed by atoms with van der Waals surface area (Å²) in [6.07, 6.45) is 4.33.